The van der Waals surface area contributed by atoms with Gasteiger partial charge in [-0.05, 0) is 32.9 Å². The highest BCUT2D eigenvalue weighted by molar-refractivity contribution is 5.98. The molecule has 5 nitrogen and oxygen atoms in total. The molecule has 1 amide bonds. The Morgan fingerprint density at radius 1 is 1.17 bits per heavy atom. The van der Waals surface area contributed by atoms with Crippen molar-refractivity contribution in [1.82, 2.24) is 5.32 Å². The summed E-state index contributed by atoms with van der Waals surface area (Å²) < 4.78 is 49.9. The molecule has 128 valence electrons. The minimum absolute atomic E-state index is 0.0437. The van der Waals surface area contributed by atoms with Gasteiger partial charge in [0.05, 0.1) is 12.7 Å². The highest BCUT2D eigenvalue weighted by Gasteiger charge is 2.65. The zero-order chi connectivity index (χ0) is 17.7. The lowest BCUT2D eigenvalue weighted by atomic mass is 10.1. The summed E-state index contributed by atoms with van der Waals surface area (Å²) in [5.41, 5.74) is -3.61. The van der Waals surface area contributed by atoms with E-state index < -0.39 is 29.9 Å². The molecule has 0 saturated carbocycles. The molecular formula is C15H18F3NO4. The van der Waals surface area contributed by atoms with E-state index in [1.54, 1.807) is 11.4 Å². The minimum atomic E-state index is -5.20. The predicted molar refractivity (Wildman–Crippen MR) is 75.5 cm³/mol. The third-order valence-electron chi connectivity index (χ3n) is 2.70. The van der Waals surface area contributed by atoms with E-state index in [2.05, 4.69) is 4.74 Å². The Bertz CT molecular complexity index is 545. The van der Waals surface area contributed by atoms with E-state index >= 15 is 0 Å². The van der Waals surface area contributed by atoms with E-state index in [1.165, 1.54) is 45.0 Å². The smallest absolute Gasteiger partial charge is 0.448 e. The lowest BCUT2D eigenvalue weighted by Gasteiger charge is -2.35. The first-order valence-electron chi connectivity index (χ1n) is 6.93. The highest BCUT2D eigenvalue weighted by Crippen LogP contribution is 2.34. The van der Waals surface area contributed by atoms with Crippen LogP contribution in [-0.4, -0.2) is 36.5 Å². The normalized spacial score (nSPS) is 14.2. The number of halogens is 3. The van der Waals surface area contributed by atoms with E-state index in [1.807, 2.05) is 0 Å². The number of carbonyl (C=O) groups is 2. The van der Waals surface area contributed by atoms with Crippen molar-refractivity contribution in [3.8, 4) is 0 Å². The minimum Gasteiger partial charge on any atom is -0.462 e. The van der Waals surface area contributed by atoms with Gasteiger partial charge in [0.1, 0.15) is 0 Å². The molecule has 1 rings (SSSR count). The number of rotatable bonds is 6. The Balaban J connectivity index is 3.26. The number of esters is 1. The molecular weight excluding hydrogens is 315 g/mol. The van der Waals surface area contributed by atoms with Gasteiger partial charge in [-0.25, -0.2) is 4.79 Å². The molecule has 1 aromatic carbocycles. The molecule has 0 heterocycles. The van der Waals surface area contributed by atoms with E-state index in [0.717, 1.165) is 0 Å². The van der Waals surface area contributed by atoms with Crippen molar-refractivity contribution in [2.24, 2.45) is 0 Å². The number of alkyl halides is 3. The summed E-state index contributed by atoms with van der Waals surface area (Å²) in [4.78, 5) is 24.0. The molecule has 0 fully saturated rings. The van der Waals surface area contributed by atoms with Crippen molar-refractivity contribution in [3.05, 3.63) is 35.9 Å². The second-order valence-electron chi connectivity index (χ2n) is 4.89. The topological polar surface area (TPSA) is 64.6 Å². The standard InChI is InChI=1S/C15H18F3NO4/c1-4-22-13(21)14(15(16,17)18,23-10(2)3)19-12(20)11-8-6-5-7-9-11/h5-10H,4H2,1-3H3,(H,19,20)/t14-/m0/s1. The Morgan fingerprint density at radius 3 is 2.17 bits per heavy atom. The van der Waals surface area contributed by atoms with Gasteiger partial charge in [-0.2, -0.15) is 13.2 Å². The molecule has 8 heteroatoms. The second-order valence-corrected chi connectivity index (χ2v) is 4.89. The fourth-order valence-corrected chi connectivity index (χ4v) is 1.79. The Hall–Kier alpha value is -2.09. The van der Waals surface area contributed by atoms with E-state index in [-0.39, 0.29) is 12.2 Å². The summed E-state index contributed by atoms with van der Waals surface area (Å²) in [6, 6.07) is 7.20. The average Bonchev–Trinajstić information content (AvgIpc) is 2.45. The van der Waals surface area contributed by atoms with Gasteiger partial charge in [0.15, 0.2) is 0 Å². The molecule has 1 aromatic rings. The Kier molecular flexibility index (Phi) is 6.14. The average molecular weight is 333 g/mol. The summed E-state index contributed by atoms with van der Waals surface area (Å²) in [5.74, 6) is -2.82. The molecule has 0 saturated heterocycles. The number of hydrogen-bond acceptors (Lipinski definition) is 4. The molecule has 0 aliphatic carbocycles. The van der Waals surface area contributed by atoms with Crippen molar-refractivity contribution in [2.75, 3.05) is 6.61 Å². The molecule has 23 heavy (non-hydrogen) atoms. The Labute approximate surface area is 131 Å². The zero-order valence-corrected chi connectivity index (χ0v) is 12.9. The quantitative estimate of drug-likeness (QED) is 0.642. The highest BCUT2D eigenvalue weighted by atomic mass is 19.4. The van der Waals surface area contributed by atoms with Crippen LogP contribution in [0.4, 0.5) is 13.2 Å². The van der Waals surface area contributed by atoms with Gasteiger partial charge < -0.3 is 14.8 Å². The number of hydrogen-bond donors (Lipinski definition) is 1. The zero-order valence-electron chi connectivity index (χ0n) is 12.9. The molecule has 0 aliphatic rings. The van der Waals surface area contributed by atoms with Gasteiger partial charge in [0.25, 0.3) is 5.91 Å². The third kappa shape index (κ3) is 4.44. The third-order valence-corrected chi connectivity index (χ3v) is 2.70. The lowest BCUT2D eigenvalue weighted by molar-refractivity contribution is -0.292. The molecule has 0 aromatic heterocycles. The van der Waals surface area contributed by atoms with E-state index in [4.69, 9.17) is 4.74 Å². The fraction of sp³-hybridized carbons (Fsp3) is 0.467. The van der Waals surface area contributed by atoms with Gasteiger partial charge in [-0.15, -0.1) is 0 Å². The summed E-state index contributed by atoms with van der Waals surface area (Å²) in [6.07, 6.45) is -6.19. The van der Waals surface area contributed by atoms with Crippen LogP contribution in [0.5, 0.6) is 0 Å². The van der Waals surface area contributed by atoms with Crippen molar-refractivity contribution in [1.29, 1.82) is 0 Å². The number of benzene rings is 1. The maximum atomic E-state index is 13.5. The van der Waals surface area contributed by atoms with Crippen LogP contribution in [0.25, 0.3) is 0 Å². The number of ether oxygens (including phenoxy) is 2. The molecule has 1 atom stereocenters. The van der Waals surface area contributed by atoms with Crippen LogP contribution in [0, 0.1) is 0 Å². The molecule has 0 unspecified atom stereocenters. The van der Waals surface area contributed by atoms with E-state index in [9.17, 15) is 22.8 Å². The first-order chi connectivity index (χ1) is 10.6. The molecule has 1 N–H and O–H groups in total. The monoisotopic (exact) mass is 333 g/mol. The van der Waals surface area contributed by atoms with Crippen LogP contribution in [-0.2, 0) is 14.3 Å². The molecule has 0 radical (unpaired) electrons. The summed E-state index contributed by atoms with van der Waals surface area (Å²) in [7, 11) is 0. The molecule has 0 bridgehead atoms. The maximum Gasteiger partial charge on any atom is 0.448 e. The Morgan fingerprint density at radius 2 is 1.74 bits per heavy atom. The largest absolute Gasteiger partial charge is 0.462 e. The summed E-state index contributed by atoms with van der Waals surface area (Å²) in [6.45, 7) is 3.69. The predicted octanol–water partition coefficient (Wildman–Crippen LogP) is 2.66. The summed E-state index contributed by atoms with van der Waals surface area (Å²) in [5, 5.41) is 1.64. The fourth-order valence-electron chi connectivity index (χ4n) is 1.79. The van der Waals surface area contributed by atoms with Crippen molar-refractivity contribution >= 4 is 11.9 Å². The van der Waals surface area contributed by atoms with Crippen LogP contribution >= 0.6 is 0 Å². The van der Waals surface area contributed by atoms with Crippen LogP contribution < -0.4 is 5.32 Å². The van der Waals surface area contributed by atoms with Crippen molar-refractivity contribution < 1.29 is 32.2 Å². The maximum absolute atomic E-state index is 13.5. The lowest BCUT2D eigenvalue weighted by Crippen LogP contribution is -2.67. The second kappa shape index (κ2) is 7.45. The SMILES string of the molecule is CCOC(=O)[C@](NC(=O)c1ccccc1)(OC(C)C)C(F)(F)F. The van der Waals surface area contributed by atoms with Crippen molar-refractivity contribution in [3.63, 3.8) is 0 Å². The number of carbonyl (C=O) groups excluding carboxylic acids is 2. The first kappa shape index (κ1) is 19.0. The van der Waals surface area contributed by atoms with Gasteiger partial charge in [0.2, 0.25) is 0 Å². The number of amides is 1. The van der Waals surface area contributed by atoms with Crippen LogP contribution in [0.15, 0.2) is 30.3 Å². The molecule has 0 spiro atoms. The summed E-state index contributed by atoms with van der Waals surface area (Å²) >= 11 is 0. The number of nitrogens with one attached hydrogen (secondary N) is 1. The van der Waals surface area contributed by atoms with Gasteiger partial charge in [-0.3, -0.25) is 4.79 Å². The van der Waals surface area contributed by atoms with Gasteiger partial charge in [-0.1, -0.05) is 18.2 Å². The van der Waals surface area contributed by atoms with Crippen LogP contribution in [0.2, 0.25) is 0 Å². The van der Waals surface area contributed by atoms with E-state index in [0.29, 0.717) is 0 Å². The van der Waals surface area contributed by atoms with Crippen LogP contribution in [0.1, 0.15) is 31.1 Å². The molecule has 0 aliphatic heterocycles. The van der Waals surface area contributed by atoms with Gasteiger partial charge in [0, 0.05) is 5.56 Å². The van der Waals surface area contributed by atoms with Crippen LogP contribution in [0.3, 0.4) is 0 Å². The van der Waals surface area contributed by atoms with Gasteiger partial charge >= 0.3 is 17.9 Å². The van der Waals surface area contributed by atoms with Crippen molar-refractivity contribution in [2.45, 2.75) is 38.8 Å². The first-order valence-corrected chi connectivity index (χ1v) is 6.93.